The molecule has 1 fully saturated rings. The molecule has 1 rings (SSSR count). The van der Waals surface area contributed by atoms with E-state index in [4.69, 9.17) is 0 Å². The van der Waals surface area contributed by atoms with Crippen molar-refractivity contribution in [3.05, 3.63) is 0 Å². The predicted octanol–water partition coefficient (Wildman–Crippen LogP) is 1.64. The first-order valence-corrected chi connectivity index (χ1v) is 3.85. The Bertz CT molecular complexity index is 111. The molecule has 0 bridgehead atoms. The number of nitrogens with one attached hydrogen (secondary N) is 1. The van der Waals surface area contributed by atoms with Gasteiger partial charge in [-0.1, -0.05) is 20.3 Å². The van der Waals surface area contributed by atoms with Gasteiger partial charge in [0.2, 0.25) is 0 Å². The quantitative estimate of drug-likeness (QED) is 0.594. The van der Waals surface area contributed by atoms with E-state index < -0.39 is 0 Å². The zero-order valence-corrected chi connectivity index (χ0v) is 6.86. The normalized spacial score (nSPS) is 49.3. The van der Waals surface area contributed by atoms with Gasteiger partial charge in [0.1, 0.15) is 0 Å². The topological polar surface area (TPSA) is 12.0 Å². The van der Waals surface area contributed by atoms with Crippen LogP contribution in [0.25, 0.3) is 0 Å². The van der Waals surface area contributed by atoms with Gasteiger partial charge in [0.05, 0.1) is 0 Å². The Morgan fingerprint density at radius 3 is 2.22 bits per heavy atom. The third-order valence-electron chi connectivity index (χ3n) is 3.19. The summed E-state index contributed by atoms with van der Waals surface area (Å²) < 4.78 is 0. The molecular weight excluding hydrogens is 110 g/mol. The van der Waals surface area contributed by atoms with Crippen LogP contribution in [0.5, 0.6) is 0 Å². The largest absolute Gasteiger partial charge is 0.314 e. The Hall–Kier alpha value is -0.0400. The summed E-state index contributed by atoms with van der Waals surface area (Å²) in [5.74, 6) is 1.80. The van der Waals surface area contributed by atoms with Crippen molar-refractivity contribution in [2.24, 2.45) is 11.8 Å². The maximum absolute atomic E-state index is 3.37. The molecule has 0 aromatic rings. The molecule has 1 heteroatoms. The summed E-state index contributed by atoms with van der Waals surface area (Å²) in [5.41, 5.74) is 0.467. The number of rotatable bonds is 2. The highest BCUT2D eigenvalue weighted by atomic mass is 15.0. The van der Waals surface area contributed by atoms with Crippen molar-refractivity contribution in [3.8, 4) is 0 Å². The van der Waals surface area contributed by atoms with Gasteiger partial charge < -0.3 is 5.32 Å². The molecule has 0 aliphatic heterocycles. The van der Waals surface area contributed by atoms with Gasteiger partial charge >= 0.3 is 0 Å². The van der Waals surface area contributed by atoms with E-state index in [1.807, 2.05) is 0 Å². The highest BCUT2D eigenvalue weighted by Gasteiger charge is 2.55. The van der Waals surface area contributed by atoms with Crippen LogP contribution >= 0.6 is 0 Å². The molecule has 1 nitrogen and oxygen atoms in total. The highest BCUT2D eigenvalue weighted by molar-refractivity contribution is 5.11. The first-order chi connectivity index (χ1) is 4.16. The summed E-state index contributed by atoms with van der Waals surface area (Å²) in [5, 5.41) is 3.37. The van der Waals surface area contributed by atoms with Gasteiger partial charge in [0, 0.05) is 5.54 Å². The minimum absolute atomic E-state index is 0.467. The molecule has 0 radical (unpaired) electrons. The summed E-state index contributed by atoms with van der Waals surface area (Å²) in [6.45, 7) is 6.90. The second-order valence-corrected chi connectivity index (χ2v) is 3.34. The SMILES string of the molecule is CCC1C(C)C1(C)NC. The minimum atomic E-state index is 0.467. The summed E-state index contributed by atoms with van der Waals surface area (Å²) in [7, 11) is 2.06. The van der Waals surface area contributed by atoms with Crippen LogP contribution in [0.2, 0.25) is 0 Å². The maximum Gasteiger partial charge on any atom is 0.0210 e. The van der Waals surface area contributed by atoms with Crippen LogP contribution in [-0.2, 0) is 0 Å². The van der Waals surface area contributed by atoms with Gasteiger partial charge in [0.25, 0.3) is 0 Å². The molecule has 1 aliphatic carbocycles. The Balaban J connectivity index is 2.48. The standard InChI is InChI=1S/C8H17N/c1-5-7-6(2)8(7,3)9-4/h6-7,9H,5H2,1-4H3. The van der Waals surface area contributed by atoms with Crippen LogP contribution in [-0.4, -0.2) is 12.6 Å². The summed E-state index contributed by atoms with van der Waals surface area (Å²) in [4.78, 5) is 0. The predicted molar refractivity (Wildman–Crippen MR) is 40.4 cm³/mol. The van der Waals surface area contributed by atoms with E-state index in [-0.39, 0.29) is 0 Å². The lowest BCUT2D eigenvalue weighted by molar-refractivity contribution is 0.524. The van der Waals surface area contributed by atoms with Crippen LogP contribution in [0.15, 0.2) is 0 Å². The van der Waals surface area contributed by atoms with Crippen molar-refractivity contribution in [3.63, 3.8) is 0 Å². The van der Waals surface area contributed by atoms with Gasteiger partial charge in [-0.3, -0.25) is 0 Å². The van der Waals surface area contributed by atoms with Crippen molar-refractivity contribution in [1.29, 1.82) is 0 Å². The lowest BCUT2D eigenvalue weighted by Gasteiger charge is -2.07. The zero-order chi connectivity index (χ0) is 7.07. The first-order valence-electron chi connectivity index (χ1n) is 3.85. The number of hydrogen-bond donors (Lipinski definition) is 1. The fraction of sp³-hybridized carbons (Fsp3) is 1.00. The van der Waals surface area contributed by atoms with E-state index in [1.54, 1.807) is 0 Å². The molecule has 3 atom stereocenters. The molecule has 0 saturated heterocycles. The fourth-order valence-electron chi connectivity index (χ4n) is 2.02. The van der Waals surface area contributed by atoms with Crippen molar-refractivity contribution >= 4 is 0 Å². The van der Waals surface area contributed by atoms with Crippen molar-refractivity contribution in [2.45, 2.75) is 32.7 Å². The van der Waals surface area contributed by atoms with Gasteiger partial charge in [-0.2, -0.15) is 0 Å². The molecule has 0 heterocycles. The molecule has 0 spiro atoms. The minimum Gasteiger partial charge on any atom is -0.314 e. The fourth-order valence-corrected chi connectivity index (χ4v) is 2.02. The van der Waals surface area contributed by atoms with Crippen molar-refractivity contribution in [2.75, 3.05) is 7.05 Å². The van der Waals surface area contributed by atoms with E-state index in [0.29, 0.717) is 5.54 Å². The van der Waals surface area contributed by atoms with Crippen LogP contribution in [0.3, 0.4) is 0 Å². The molecule has 1 N–H and O–H groups in total. The lowest BCUT2D eigenvalue weighted by atomic mass is 10.2. The molecule has 0 amide bonds. The summed E-state index contributed by atoms with van der Waals surface area (Å²) >= 11 is 0. The van der Waals surface area contributed by atoms with E-state index >= 15 is 0 Å². The third kappa shape index (κ3) is 0.787. The average molecular weight is 127 g/mol. The molecule has 0 aromatic heterocycles. The Labute approximate surface area is 57.8 Å². The Morgan fingerprint density at radius 2 is 2.11 bits per heavy atom. The number of hydrogen-bond acceptors (Lipinski definition) is 1. The smallest absolute Gasteiger partial charge is 0.0210 e. The van der Waals surface area contributed by atoms with Gasteiger partial charge in [-0.15, -0.1) is 0 Å². The average Bonchev–Trinajstić information content (AvgIpc) is 2.38. The molecule has 9 heavy (non-hydrogen) atoms. The van der Waals surface area contributed by atoms with Crippen LogP contribution in [0.1, 0.15) is 27.2 Å². The van der Waals surface area contributed by atoms with Crippen LogP contribution in [0, 0.1) is 11.8 Å². The molecule has 3 unspecified atom stereocenters. The zero-order valence-electron chi connectivity index (χ0n) is 6.86. The van der Waals surface area contributed by atoms with E-state index in [2.05, 4.69) is 33.1 Å². The maximum atomic E-state index is 3.37. The second-order valence-electron chi connectivity index (χ2n) is 3.34. The monoisotopic (exact) mass is 127 g/mol. The first kappa shape index (κ1) is 7.07. The molecule has 0 aromatic carbocycles. The molecule has 54 valence electrons. The van der Waals surface area contributed by atoms with Crippen LogP contribution in [0.4, 0.5) is 0 Å². The summed E-state index contributed by atoms with van der Waals surface area (Å²) in [6, 6.07) is 0. The molecular formula is C8H17N. The van der Waals surface area contributed by atoms with Crippen molar-refractivity contribution < 1.29 is 0 Å². The van der Waals surface area contributed by atoms with E-state index in [1.165, 1.54) is 6.42 Å². The molecule has 1 saturated carbocycles. The third-order valence-corrected chi connectivity index (χ3v) is 3.19. The van der Waals surface area contributed by atoms with Crippen molar-refractivity contribution in [1.82, 2.24) is 5.32 Å². The van der Waals surface area contributed by atoms with Crippen LogP contribution < -0.4 is 5.32 Å². The van der Waals surface area contributed by atoms with E-state index in [0.717, 1.165) is 11.8 Å². The van der Waals surface area contributed by atoms with Gasteiger partial charge in [-0.05, 0) is 25.8 Å². The second kappa shape index (κ2) is 1.98. The van der Waals surface area contributed by atoms with Gasteiger partial charge in [-0.25, -0.2) is 0 Å². The Kier molecular flexibility index (Phi) is 1.55. The Morgan fingerprint density at radius 1 is 1.56 bits per heavy atom. The van der Waals surface area contributed by atoms with E-state index in [9.17, 15) is 0 Å². The lowest BCUT2D eigenvalue weighted by Crippen LogP contribution is -2.27. The molecule has 1 aliphatic rings. The van der Waals surface area contributed by atoms with Gasteiger partial charge in [0.15, 0.2) is 0 Å². The summed E-state index contributed by atoms with van der Waals surface area (Å²) in [6.07, 6.45) is 1.32. The highest BCUT2D eigenvalue weighted by Crippen LogP contribution is 2.51.